The molecular weight excluding hydrogens is 361 g/mol. The molecule has 7 nitrogen and oxygen atoms in total. The number of hydrogen-bond acceptors (Lipinski definition) is 5. The van der Waals surface area contributed by atoms with E-state index in [1.807, 2.05) is 0 Å². The molecular formula is C17H16FN3O4S. The van der Waals surface area contributed by atoms with Crippen LogP contribution in [0.1, 0.15) is 10.4 Å². The Labute approximate surface area is 149 Å². The van der Waals surface area contributed by atoms with E-state index in [0.29, 0.717) is 10.9 Å². The van der Waals surface area contributed by atoms with Gasteiger partial charge in [-0.25, -0.2) is 12.8 Å². The fourth-order valence-corrected chi connectivity index (χ4v) is 2.91. The molecule has 3 aromatic rings. The molecule has 0 atom stereocenters. The van der Waals surface area contributed by atoms with Crippen molar-refractivity contribution in [2.24, 2.45) is 0 Å². The van der Waals surface area contributed by atoms with Crippen LogP contribution in [0.25, 0.3) is 22.4 Å². The van der Waals surface area contributed by atoms with Gasteiger partial charge < -0.3 is 9.73 Å². The maximum atomic E-state index is 13.2. The summed E-state index contributed by atoms with van der Waals surface area (Å²) in [7, 11) is -0.649. The van der Waals surface area contributed by atoms with Crippen LogP contribution in [0.3, 0.4) is 0 Å². The molecule has 136 valence electrons. The summed E-state index contributed by atoms with van der Waals surface area (Å²) < 4.78 is 43.3. The van der Waals surface area contributed by atoms with Crippen molar-refractivity contribution in [3.05, 3.63) is 47.8 Å². The maximum Gasteiger partial charge on any atom is 0.255 e. The average molecular weight is 377 g/mol. The summed E-state index contributed by atoms with van der Waals surface area (Å²) in [5.41, 5.74) is 0.854. The van der Waals surface area contributed by atoms with Gasteiger partial charge in [-0.2, -0.15) is 4.98 Å². The lowest BCUT2D eigenvalue weighted by Gasteiger charge is -2.14. The lowest BCUT2D eigenvalue weighted by atomic mass is 10.1. The van der Waals surface area contributed by atoms with Crippen molar-refractivity contribution < 1.29 is 22.0 Å². The van der Waals surface area contributed by atoms with Crippen LogP contribution < -0.4 is 9.62 Å². The minimum atomic E-state index is -3.50. The smallest absolute Gasteiger partial charge is 0.255 e. The molecule has 0 saturated heterocycles. The Bertz CT molecular complexity index is 1090. The summed E-state index contributed by atoms with van der Waals surface area (Å²) >= 11 is 0. The van der Waals surface area contributed by atoms with Crippen molar-refractivity contribution >= 4 is 32.8 Å². The molecule has 0 bridgehead atoms. The van der Waals surface area contributed by atoms with Crippen molar-refractivity contribution in [1.29, 1.82) is 0 Å². The first-order valence-electron chi connectivity index (χ1n) is 7.58. The van der Waals surface area contributed by atoms with Crippen molar-refractivity contribution in [2.75, 3.05) is 24.7 Å². The summed E-state index contributed by atoms with van der Waals surface area (Å²) in [4.78, 5) is 16.6. The van der Waals surface area contributed by atoms with Gasteiger partial charge in [0.2, 0.25) is 15.7 Å². The number of fused-ring (bicyclic) bond motifs is 1. The lowest BCUT2D eigenvalue weighted by Crippen LogP contribution is -2.25. The number of pyridine rings is 1. The van der Waals surface area contributed by atoms with E-state index in [9.17, 15) is 17.6 Å². The van der Waals surface area contributed by atoms with E-state index in [4.69, 9.17) is 4.42 Å². The number of anilines is 1. The number of nitrogens with zero attached hydrogens (tertiary/aromatic N) is 2. The Hall–Kier alpha value is -2.94. The van der Waals surface area contributed by atoms with E-state index >= 15 is 0 Å². The quantitative estimate of drug-likeness (QED) is 0.754. The molecule has 26 heavy (non-hydrogen) atoms. The molecule has 0 aliphatic heterocycles. The molecule has 1 amide bonds. The van der Waals surface area contributed by atoms with Crippen LogP contribution in [0, 0.1) is 5.82 Å². The van der Waals surface area contributed by atoms with Crippen molar-refractivity contribution in [3.8, 4) is 11.3 Å². The third-order valence-corrected chi connectivity index (χ3v) is 5.10. The standard InChI is InChI=1S/C17H16FN3O4S/c1-19-16(22)14-12-8-9-13(21(2)26(3,23)24)20-17(12)25-15(14)10-4-6-11(18)7-5-10/h4-9H,1-3H3,(H,19,22). The highest BCUT2D eigenvalue weighted by atomic mass is 32.2. The molecule has 0 fully saturated rings. The third-order valence-electron chi connectivity index (χ3n) is 3.92. The summed E-state index contributed by atoms with van der Waals surface area (Å²) in [6.07, 6.45) is 1.06. The van der Waals surface area contributed by atoms with E-state index in [-0.39, 0.29) is 22.9 Å². The zero-order valence-electron chi connectivity index (χ0n) is 14.3. The van der Waals surface area contributed by atoms with Gasteiger partial charge in [0.05, 0.1) is 17.2 Å². The van der Waals surface area contributed by atoms with Gasteiger partial charge in [0.1, 0.15) is 17.4 Å². The van der Waals surface area contributed by atoms with E-state index < -0.39 is 21.7 Å². The molecule has 0 radical (unpaired) electrons. The van der Waals surface area contributed by atoms with Gasteiger partial charge >= 0.3 is 0 Å². The monoisotopic (exact) mass is 377 g/mol. The van der Waals surface area contributed by atoms with E-state index in [0.717, 1.165) is 10.6 Å². The Morgan fingerprint density at radius 1 is 1.19 bits per heavy atom. The van der Waals surface area contributed by atoms with Crippen LogP contribution in [-0.4, -0.2) is 39.7 Å². The zero-order chi connectivity index (χ0) is 19.1. The largest absolute Gasteiger partial charge is 0.437 e. The molecule has 0 aliphatic rings. The number of nitrogens with one attached hydrogen (secondary N) is 1. The van der Waals surface area contributed by atoms with Crippen LogP contribution in [0.15, 0.2) is 40.8 Å². The average Bonchev–Trinajstić information content (AvgIpc) is 2.98. The predicted octanol–water partition coefficient (Wildman–Crippen LogP) is 2.39. The molecule has 2 aromatic heterocycles. The molecule has 0 saturated carbocycles. The topological polar surface area (TPSA) is 92.5 Å². The Balaban J connectivity index is 2.24. The van der Waals surface area contributed by atoms with E-state index in [1.165, 1.54) is 44.4 Å². The lowest BCUT2D eigenvalue weighted by molar-refractivity contribution is 0.0964. The Kier molecular flexibility index (Phi) is 4.41. The van der Waals surface area contributed by atoms with Gasteiger partial charge in [-0.05, 0) is 36.4 Å². The van der Waals surface area contributed by atoms with Gasteiger partial charge in [-0.15, -0.1) is 0 Å². The second kappa shape index (κ2) is 6.41. The SMILES string of the molecule is CNC(=O)c1c(-c2ccc(F)cc2)oc2nc(N(C)S(C)(=O)=O)ccc12. The van der Waals surface area contributed by atoms with Crippen LogP contribution in [-0.2, 0) is 10.0 Å². The number of rotatable bonds is 4. The molecule has 0 spiro atoms. The summed E-state index contributed by atoms with van der Waals surface area (Å²) in [5.74, 6) is -0.426. The second-order valence-corrected chi connectivity index (χ2v) is 7.66. The van der Waals surface area contributed by atoms with Crippen molar-refractivity contribution in [1.82, 2.24) is 10.3 Å². The van der Waals surface area contributed by atoms with Gasteiger partial charge in [0.15, 0.2) is 0 Å². The number of furan rings is 1. The first-order chi connectivity index (χ1) is 12.2. The van der Waals surface area contributed by atoms with Crippen LogP contribution in [0.4, 0.5) is 10.2 Å². The Morgan fingerprint density at radius 3 is 2.42 bits per heavy atom. The van der Waals surface area contributed by atoms with Crippen molar-refractivity contribution in [3.63, 3.8) is 0 Å². The number of benzene rings is 1. The highest BCUT2D eigenvalue weighted by Gasteiger charge is 2.24. The molecule has 9 heteroatoms. The fraction of sp³-hybridized carbons (Fsp3) is 0.176. The number of carbonyl (C=O) groups is 1. The number of amides is 1. The Morgan fingerprint density at radius 2 is 1.85 bits per heavy atom. The summed E-state index contributed by atoms with van der Waals surface area (Å²) in [6, 6.07) is 8.55. The van der Waals surface area contributed by atoms with Crippen molar-refractivity contribution in [2.45, 2.75) is 0 Å². The number of halogens is 1. The number of aromatic nitrogens is 1. The number of hydrogen-bond donors (Lipinski definition) is 1. The van der Waals surface area contributed by atoms with Crippen LogP contribution in [0.2, 0.25) is 0 Å². The van der Waals surface area contributed by atoms with Gasteiger partial charge in [0, 0.05) is 19.7 Å². The minimum Gasteiger partial charge on any atom is -0.437 e. The molecule has 0 unspecified atom stereocenters. The third kappa shape index (κ3) is 3.13. The first kappa shape index (κ1) is 17.9. The summed E-state index contributed by atoms with van der Waals surface area (Å²) in [6.45, 7) is 0. The summed E-state index contributed by atoms with van der Waals surface area (Å²) in [5, 5.41) is 2.96. The normalized spacial score (nSPS) is 11.5. The second-order valence-electron chi connectivity index (χ2n) is 5.64. The number of sulfonamides is 1. The highest BCUT2D eigenvalue weighted by Crippen LogP contribution is 2.34. The van der Waals surface area contributed by atoms with E-state index in [2.05, 4.69) is 10.3 Å². The number of carbonyl (C=O) groups excluding carboxylic acids is 1. The predicted molar refractivity (Wildman–Crippen MR) is 96.0 cm³/mol. The molecule has 1 N–H and O–H groups in total. The highest BCUT2D eigenvalue weighted by molar-refractivity contribution is 7.92. The molecule has 0 aliphatic carbocycles. The van der Waals surface area contributed by atoms with E-state index in [1.54, 1.807) is 6.07 Å². The van der Waals surface area contributed by atoms with Gasteiger partial charge in [-0.3, -0.25) is 9.10 Å². The zero-order valence-corrected chi connectivity index (χ0v) is 15.1. The molecule has 1 aromatic carbocycles. The fourth-order valence-electron chi connectivity index (χ4n) is 2.47. The maximum absolute atomic E-state index is 13.2. The van der Waals surface area contributed by atoms with Gasteiger partial charge in [0.25, 0.3) is 5.91 Å². The van der Waals surface area contributed by atoms with Crippen LogP contribution >= 0.6 is 0 Å². The van der Waals surface area contributed by atoms with Crippen LogP contribution in [0.5, 0.6) is 0 Å². The molecule has 3 rings (SSSR count). The van der Waals surface area contributed by atoms with Gasteiger partial charge in [-0.1, -0.05) is 0 Å². The first-order valence-corrected chi connectivity index (χ1v) is 9.42. The molecule has 2 heterocycles. The minimum absolute atomic E-state index is 0.107.